The van der Waals surface area contributed by atoms with Crippen LogP contribution in [0.1, 0.15) is 155 Å². The molecule has 3 atom stereocenters. The summed E-state index contributed by atoms with van der Waals surface area (Å²) in [6.07, 6.45) is 26.1. The van der Waals surface area contributed by atoms with Crippen molar-refractivity contribution in [1.82, 2.24) is 21.3 Å². The molecule has 4 amide bonds. The second kappa shape index (κ2) is 32.3. The Morgan fingerprint density at radius 1 is 0.667 bits per heavy atom. The van der Waals surface area contributed by atoms with Gasteiger partial charge in [0.05, 0.1) is 38.5 Å². The maximum Gasteiger partial charge on any atom is 0.315 e. The summed E-state index contributed by atoms with van der Waals surface area (Å²) in [5, 5.41) is 12.2. The number of carbonyl (C=O) groups is 3. The van der Waals surface area contributed by atoms with Crippen molar-refractivity contribution < 1.29 is 23.9 Å². The van der Waals surface area contributed by atoms with Gasteiger partial charge in [-0.1, -0.05) is 109 Å². The molecular formula is C41H70N4O5S. The molecule has 0 aromatic rings. The molecule has 0 radical (unpaired) electrons. The van der Waals surface area contributed by atoms with Gasteiger partial charge in [-0.3, -0.25) is 9.59 Å². The van der Waals surface area contributed by atoms with Crippen LogP contribution in [0, 0.1) is 23.7 Å². The third kappa shape index (κ3) is 25.3. The van der Waals surface area contributed by atoms with Crippen LogP contribution in [0.3, 0.4) is 0 Å². The van der Waals surface area contributed by atoms with Crippen molar-refractivity contribution in [2.45, 2.75) is 172 Å². The van der Waals surface area contributed by atoms with Crippen LogP contribution in [0.25, 0.3) is 0 Å². The molecule has 4 N–H and O–H groups in total. The summed E-state index contributed by atoms with van der Waals surface area (Å²) in [6.45, 7) is 5.08. The maximum absolute atomic E-state index is 12.1. The highest BCUT2D eigenvalue weighted by atomic mass is 32.2. The van der Waals surface area contributed by atoms with Gasteiger partial charge in [-0.15, -0.1) is 0 Å². The first kappa shape index (κ1) is 44.8. The Morgan fingerprint density at radius 3 is 1.71 bits per heavy atom. The standard InChI is InChI=1S/C41H70N4O5S/c1-2-3-4-5-6-7-8-9-10-11-12-13-14-15-16-17-18-19-20-21-22-23-27-38(46)42-29-31-49-33-34-50-32-30-43-39(47)28-25-24-26-37-40-36(35-51-37)44-41(48)45-40/h36-37,40H,2-12,17-35H2,1H3,(H,42,46)(H,43,47)(H2,44,45,48)/t36-,37-,40-/m0/s1. The number of thioether (sulfide) groups is 1. The van der Waals surface area contributed by atoms with Gasteiger partial charge in [0.15, 0.2) is 0 Å². The molecule has 0 aromatic heterocycles. The third-order valence-corrected chi connectivity index (χ3v) is 10.9. The summed E-state index contributed by atoms with van der Waals surface area (Å²) in [5.41, 5.74) is 0. The lowest BCUT2D eigenvalue weighted by molar-refractivity contribution is -0.122. The lowest BCUT2D eigenvalue weighted by Gasteiger charge is -2.16. The minimum absolute atomic E-state index is 0.0468. The highest BCUT2D eigenvalue weighted by molar-refractivity contribution is 8.00. The van der Waals surface area contributed by atoms with Gasteiger partial charge in [0.25, 0.3) is 0 Å². The highest BCUT2D eigenvalue weighted by Crippen LogP contribution is 2.33. The van der Waals surface area contributed by atoms with Crippen LogP contribution in [0.2, 0.25) is 0 Å². The van der Waals surface area contributed by atoms with Crippen molar-refractivity contribution in [3.05, 3.63) is 0 Å². The van der Waals surface area contributed by atoms with Crippen molar-refractivity contribution in [3.8, 4) is 23.7 Å². The number of unbranched alkanes of at least 4 members (excludes halogenated alkanes) is 17. The van der Waals surface area contributed by atoms with E-state index in [0.29, 0.717) is 57.6 Å². The largest absolute Gasteiger partial charge is 0.377 e. The average molecular weight is 731 g/mol. The van der Waals surface area contributed by atoms with E-state index in [1.807, 2.05) is 11.8 Å². The summed E-state index contributed by atoms with van der Waals surface area (Å²) in [4.78, 5) is 35.6. The molecular weight excluding hydrogens is 661 g/mol. The second-order valence-electron chi connectivity index (χ2n) is 13.9. The number of fused-ring (bicyclic) bond motifs is 1. The van der Waals surface area contributed by atoms with Gasteiger partial charge in [0, 0.05) is 49.8 Å². The summed E-state index contributed by atoms with van der Waals surface area (Å²) < 4.78 is 11.1. The van der Waals surface area contributed by atoms with E-state index in [4.69, 9.17) is 9.47 Å². The van der Waals surface area contributed by atoms with Crippen molar-refractivity contribution >= 4 is 29.6 Å². The average Bonchev–Trinajstić information content (AvgIpc) is 3.68. The molecule has 9 nitrogen and oxygen atoms in total. The summed E-state index contributed by atoms with van der Waals surface area (Å²) in [6, 6.07) is 0.419. The molecule has 2 fully saturated rings. The Morgan fingerprint density at radius 2 is 1.16 bits per heavy atom. The quantitative estimate of drug-likeness (QED) is 0.0325. The molecule has 0 spiro atoms. The zero-order valence-electron chi connectivity index (χ0n) is 31.9. The van der Waals surface area contributed by atoms with Gasteiger partial charge in [-0.05, 0) is 43.9 Å². The predicted octanol–water partition coefficient (Wildman–Crippen LogP) is 7.42. The lowest BCUT2D eigenvalue weighted by atomic mass is 10.0. The third-order valence-electron chi connectivity index (χ3n) is 9.44. The minimum Gasteiger partial charge on any atom is -0.377 e. The minimum atomic E-state index is -0.0564. The first-order chi connectivity index (χ1) is 25.1. The van der Waals surface area contributed by atoms with Gasteiger partial charge in [-0.2, -0.15) is 11.8 Å². The van der Waals surface area contributed by atoms with E-state index in [9.17, 15) is 14.4 Å². The van der Waals surface area contributed by atoms with Crippen LogP contribution in [-0.4, -0.2) is 80.4 Å². The Bertz CT molecular complexity index is 1050. The number of ether oxygens (including phenoxy) is 2. The van der Waals surface area contributed by atoms with E-state index in [-0.39, 0.29) is 29.9 Å². The van der Waals surface area contributed by atoms with Crippen LogP contribution >= 0.6 is 11.8 Å². The first-order valence-electron chi connectivity index (χ1n) is 20.4. The normalized spacial score (nSPS) is 17.4. The van der Waals surface area contributed by atoms with Gasteiger partial charge >= 0.3 is 6.03 Å². The zero-order valence-corrected chi connectivity index (χ0v) is 32.7. The van der Waals surface area contributed by atoms with Crippen LogP contribution < -0.4 is 21.3 Å². The Labute approximate surface area is 314 Å². The number of amides is 4. The molecule has 0 saturated carbocycles. The van der Waals surface area contributed by atoms with Crippen LogP contribution in [0.15, 0.2) is 0 Å². The van der Waals surface area contributed by atoms with E-state index < -0.39 is 0 Å². The zero-order chi connectivity index (χ0) is 36.5. The summed E-state index contributed by atoms with van der Waals surface area (Å²) >= 11 is 1.91. The van der Waals surface area contributed by atoms with E-state index >= 15 is 0 Å². The van der Waals surface area contributed by atoms with Gasteiger partial charge < -0.3 is 30.7 Å². The molecule has 0 aromatic carbocycles. The molecule has 0 aliphatic carbocycles. The monoisotopic (exact) mass is 731 g/mol. The van der Waals surface area contributed by atoms with Crippen LogP contribution in [-0.2, 0) is 19.1 Å². The summed E-state index contributed by atoms with van der Waals surface area (Å²) in [5.74, 6) is 13.5. The number of rotatable bonds is 32. The fourth-order valence-electron chi connectivity index (χ4n) is 6.42. The second-order valence-corrected chi connectivity index (χ2v) is 15.2. The molecule has 51 heavy (non-hydrogen) atoms. The van der Waals surface area contributed by atoms with E-state index in [1.54, 1.807) is 0 Å². The van der Waals surface area contributed by atoms with Crippen molar-refractivity contribution in [2.75, 3.05) is 45.3 Å². The molecule has 2 heterocycles. The molecule has 290 valence electrons. The van der Waals surface area contributed by atoms with Crippen molar-refractivity contribution in [2.24, 2.45) is 0 Å². The maximum atomic E-state index is 12.1. The number of urea groups is 1. The number of hydrogen-bond donors (Lipinski definition) is 4. The number of hydrogen-bond acceptors (Lipinski definition) is 6. The Kier molecular flexibility index (Phi) is 28.3. The van der Waals surface area contributed by atoms with Gasteiger partial charge in [0.1, 0.15) is 0 Å². The van der Waals surface area contributed by atoms with Crippen LogP contribution in [0.4, 0.5) is 4.79 Å². The van der Waals surface area contributed by atoms with E-state index in [2.05, 4.69) is 51.9 Å². The molecule has 2 aliphatic rings. The SMILES string of the molecule is CCCCCCCCCCCCC#CC#CCCCCCCCCC(=O)NCCOCCOCCNC(=O)CCCC[C@@H]1SC[C@@H]2NC(=O)N[C@@H]21. The van der Waals surface area contributed by atoms with Gasteiger partial charge in [-0.25, -0.2) is 4.79 Å². The van der Waals surface area contributed by atoms with Gasteiger partial charge in [0.2, 0.25) is 11.8 Å². The lowest BCUT2D eigenvalue weighted by Crippen LogP contribution is -2.36. The first-order valence-corrected chi connectivity index (χ1v) is 21.5. The Balaban J connectivity index is 1.23. The molecule has 0 unspecified atom stereocenters. The number of nitrogens with one attached hydrogen (secondary N) is 4. The molecule has 2 aliphatic heterocycles. The van der Waals surface area contributed by atoms with E-state index in [0.717, 1.165) is 63.5 Å². The molecule has 0 bridgehead atoms. The Hall–Kier alpha value is -2.40. The van der Waals surface area contributed by atoms with Crippen molar-refractivity contribution in [1.29, 1.82) is 0 Å². The number of carbonyl (C=O) groups excluding carboxylic acids is 3. The van der Waals surface area contributed by atoms with Crippen molar-refractivity contribution in [3.63, 3.8) is 0 Å². The molecule has 2 rings (SSSR count). The van der Waals surface area contributed by atoms with Crippen LogP contribution in [0.5, 0.6) is 0 Å². The fourth-order valence-corrected chi connectivity index (χ4v) is 7.96. The van der Waals surface area contributed by atoms with E-state index in [1.165, 1.54) is 77.0 Å². The topological polar surface area (TPSA) is 118 Å². The highest BCUT2D eigenvalue weighted by Gasteiger charge is 2.42. The molecule has 10 heteroatoms. The summed E-state index contributed by atoms with van der Waals surface area (Å²) in [7, 11) is 0. The fraction of sp³-hybridized carbons (Fsp3) is 0.829. The predicted molar refractivity (Wildman–Crippen MR) is 211 cm³/mol. The molecule has 2 saturated heterocycles. The smallest absolute Gasteiger partial charge is 0.315 e.